The van der Waals surface area contributed by atoms with Crippen molar-refractivity contribution in [3.05, 3.63) is 93.7 Å². The van der Waals surface area contributed by atoms with E-state index in [4.69, 9.17) is 15.3 Å². The summed E-state index contributed by atoms with van der Waals surface area (Å²) in [5.41, 5.74) is 9.80. The Morgan fingerprint density at radius 2 is 1.16 bits per heavy atom. The predicted octanol–water partition coefficient (Wildman–Crippen LogP) is 15.5. The molecule has 0 heterocycles. The molecule has 3 N–H and O–H groups in total. The fraction of sp³-hybridized carbons (Fsp3) is 0.667. The van der Waals surface area contributed by atoms with Crippen LogP contribution in [0.4, 0.5) is 0 Å². The van der Waals surface area contributed by atoms with Gasteiger partial charge >= 0.3 is 5.97 Å². The molecular weight excluding hydrogens is 677 g/mol. The van der Waals surface area contributed by atoms with Crippen molar-refractivity contribution in [2.24, 2.45) is 5.41 Å². The zero-order valence-corrected chi connectivity index (χ0v) is 37.7. The number of aliphatic hydroxyl groups excluding tert-OH is 2. The van der Waals surface area contributed by atoms with Crippen LogP contribution in [-0.4, -0.2) is 34.5 Å². The monoisotopic (exact) mass is 765 g/mol. The molecule has 0 bridgehead atoms. The maximum Gasteiger partial charge on any atom is 0.303 e. The maximum absolute atomic E-state index is 10.3. The van der Waals surface area contributed by atoms with Crippen molar-refractivity contribution in [3.63, 3.8) is 0 Å². The number of hydrogen-bond donors (Lipinski definition) is 3. The van der Waals surface area contributed by atoms with Gasteiger partial charge in [-0.3, -0.25) is 4.79 Å². The van der Waals surface area contributed by atoms with Gasteiger partial charge in [-0.25, -0.2) is 0 Å². The first-order valence-electron chi connectivity index (χ1n) is 22.0. The van der Waals surface area contributed by atoms with E-state index in [1.807, 2.05) is 25.2 Å². The molecule has 0 unspecified atom stereocenters. The highest BCUT2D eigenvalue weighted by atomic mass is 16.4. The molecule has 0 aromatic carbocycles. The van der Waals surface area contributed by atoms with Crippen molar-refractivity contribution >= 4 is 5.97 Å². The summed E-state index contributed by atoms with van der Waals surface area (Å²) < 4.78 is 0. The van der Waals surface area contributed by atoms with Gasteiger partial charge in [0.1, 0.15) is 0 Å². The number of aliphatic hydroxyl groups is 2. The molecule has 0 spiro atoms. The average molecular weight is 765 g/mol. The lowest BCUT2D eigenvalue weighted by Gasteiger charge is -2.32. The molecule has 55 heavy (non-hydrogen) atoms. The van der Waals surface area contributed by atoms with E-state index in [1.54, 1.807) is 6.08 Å². The predicted molar refractivity (Wildman–Crippen MR) is 244 cm³/mol. The van der Waals surface area contributed by atoms with Crippen molar-refractivity contribution in [3.8, 4) is 0 Å². The summed E-state index contributed by atoms with van der Waals surface area (Å²) in [6, 6.07) is 0. The molecule has 0 saturated heterocycles. The van der Waals surface area contributed by atoms with Gasteiger partial charge in [0.2, 0.25) is 0 Å². The SMILES string of the molecule is CC(C)=CCCC(C)=CCCC(C)=CCO.CC1=C(/C=C/C(C)=C/C=C/C(C)=C/CO)C(C)(C)CCC1.CCCCCCCCCCCCCCCC(=O)O. The van der Waals surface area contributed by atoms with Crippen molar-refractivity contribution < 1.29 is 20.1 Å². The standard InChI is InChI=1S/C20H30O.C16H32O2.C15H26O/c1-16(8-6-9-17(2)13-15-21)11-12-19-18(3)10-7-14-20(19,4)5;1-2-3-4-5-6-7-8-9-10-11-12-13-14-15-16(17)18;1-13(2)7-5-8-14(3)9-6-10-15(4)11-12-16/h6,8-9,11-13,21H,7,10,14-15H2,1-5H3;2-15H2,1H3,(H,17,18);7,9,11,16H,5-6,8,10,12H2,1-4H3/b9-6+,12-11+,16-8+,17-13+;;. The van der Waals surface area contributed by atoms with Crippen molar-refractivity contribution in [1.82, 2.24) is 0 Å². The Kier molecular flexibility index (Phi) is 36.5. The maximum atomic E-state index is 10.3. The van der Waals surface area contributed by atoms with E-state index in [2.05, 4.69) is 92.7 Å². The van der Waals surface area contributed by atoms with Crippen LogP contribution in [0.2, 0.25) is 0 Å². The second-order valence-electron chi connectivity index (χ2n) is 16.7. The highest BCUT2D eigenvalue weighted by Gasteiger charge is 2.26. The van der Waals surface area contributed by atoms with Gasteiger partial charge < -0.3 is 15.3 Å². The number of unbranched alkanes of at least 4 members (excludes halogenated alkanes) is 12. The molecule has 1 aliphatic carbocycles. The zero-order chi connectivity index (χ0) is 41.7. The minimum absolute atomic E-state index is 0.0985. The van der Waals surface area contributed by atoms with Gasteiger partial charge in [0, 0.05) is 6.42 Å². The molecule has 316 valence electrons. The molecule has 0 fully saturated rings. The number of carbonyl (C=O) groups is 1. The van der Waals surface area contributed by atoms with E-state index in [0.29, 0.717) is 11.8 Å². The Balaban J connectivity index is 0. The fourth-order valence-corrected chi connectivity index (χ4v) is 6.63. The first-order chi connectivity index (χ1) is 26.2. The van der Waals surface area contributed by atoms with E-state index < -0.39 is 5.97 Å². The first-order valence-corrected chi connectivity index (χ1v) is 22.0. The lowest BCUT2D eigenvalue weighted by Crippen LogP contribution is -2.19. The third kappa shape index (κ3) is 36.7. The van der Waals surface area contributed by atoms with Gasteiger partial charge in [0.25, 0.3) is 0 Å². The van der Waals surface area contributed by atoms with E-state index in [-0.39, 0.29) is 13.2 Å². The van der Waals surface area contributed by atoms with Crippen LogP contribution in [-0.2, 0) is 4.79 Å². The number of carboxylic acids is 1. The van der Waals surface area contributed by atoms with E-state index >= 15 is 0 Å². The number of allylic oxidation sites excluding steroid dienone is 14. The summed E-state index contributed by atoms with van der Waals surface area (Å²) >= 11 is 0. The Morgan fingerprint density at radius 3 is 1.65 bits per heavy atom. The summed E-state index contributed by atoms with van der Waals surface area (Å²) in [7, 11) is 0. The molecule has 1 aliphatic rings. The van der Waals surface area contributed by atoms with Crippen LogP contribution in [0.25, 0.3) is 0 Å². The van der Waals surface area contributed by atoms with Crippen LogP contribution in [0, 0.1) is 5.41 Å². The van der Waals surface area contributed by atoms with Crippen LogP contribution < -0.4 is 0 Å². The Bertz CT molecular complexity index is 1230. The molecule has 1 rings (SSSR count). The molecule has 0 aromatic rings. The Morgan fingerprint density at radius 1 is 0.655 bits per heavy atom. The second-order valence-corrected chi connectivity index (χ2v) is 16.7. The summed E-state index contributed by atoms with van der Waals surface area (Å²) in [5.74, 6) is -0.655. The number of aliphatic carboxylic acids is 1. The third-order valence-electron chi connectivity index (χ3n) is 10.2. The molecule has 0 atom stereocenters. The van der Waals surface area contributed by atoms with E-state index in [9.17, 15) is 4.79 Å². The second kappa shape index (κ2) is 36.9. The van der Waals surface area contributed by atoms with Crippen LogP contribution >= 0.6 is 0 Å². The minimum Gasteiger partial charge on any atom is -0.481 e. The fourth-order valence-electron chi connectivity index (χ4n) is 6.63. The Labute approximate surface area is 341 Å². The zero-order valence-electron chi connectivity index (χ0n) is 37.7. The van der Waals surface area contributed by atoms with Gasteiger partial charge in [-0.05, 0) is 111 Å². The normalized spacial score (nSPS) is 15.2. The molecule has 0 radical (unpaired) electrons. The first kappa shape index (κ1) is 54.4. The third-order valence-corrected chi connectivity index (χ3v) is 10.2. The molecule has 0 amide bonds. The molecule has 4 heteroatoms. The van der Waals surface area contributed by atoms with Crippen molar-refractivity contribution in [2.45, 2.75) is 204 Å². The van der Waals surface area contributed by atoms with Crippen molar-refractivity contribution in [2.75, 3.05) is 13.2 Å². The lowest BCUT2D eigenvalue weighted by molar-refractivity contribution is -0.137. The quantitative estimate of drug-likeness (QED) is 0.0466. The van der Waals surface area contributed by atoms with Gasteiger partial charge in [0.15, 0.2) is 0 Å². The molecular formula is C51H88O4. The van der Waals surface area contributed by atoms with Gasteiger partial charge in [-0.15, -0.1) is 0 Å². The highest BCUT2D eigenvalue weighted by Crippen LogP contribution is 2.40. The largest absolute Gasteiger partial charge is 0.481 e. The van der Waals surface area contributed by atoms with E-state index in [0.717, 1.165) is 44.1 Å². The number of carboxylic acid groups (broad SMARTS) is 1. The summed E-state index contributed by atoms with van der Waals surface area (Å²) in [4.78, 5) is 10.3. The summed E-state index contributed by atoms with van der Waals surface area (Å²) in [6.45, 7) is 22.1. The minimum atomic E-state index is -0.655. The summed E-state index contributed by atoms with van der Waals surface area (Å²) in [6.07, 6.45) is 44.5. The van der Waals surface area contributed by atoms with Crippen molar-refractivity contribution in [1.29, 1.82) is 0 Å². The van der Waals surface area contributed by atoms with E-state index in [1.165, 1.54) is 123 Å². The lowest BCUT2D eigenvalue weighted by atomic mass is 9.72. The highest BCUT2D eigenvalue weighted by molar-refractivity contribution is 5.66. The molecule has 0 aliphatic heterocycles. The number of rotatable bonds is 26. The molecule has 0 aromatic heterocycles. The Hall–Kier alpha value is -2.69. The topological polar surface area (TPSA) is 77.8 Å². The van der Waals surface area contributed by atoms with Gasteiger partial charge in [-0.2, -0.15) is 0 Å². The number of hydrogen-bond acceptors (Lipinski definition) is 3. The molecule has 0 saturated carbocycles. The van der Waals surface area contributed by atoms with Crippen LogP contribution in [0.1, 0.15) is 204 Å². The molecule has 4 nitrogen and oxygen atoms in total. The van der Waals surface area contributed by atoms with Crippen LogP contribution in [0.5, 0.6) is 0 Å². The van der Waals surface area contributed by atoms with Gasteiger partial charge in [0.05, 0.1) is 13.2 Å². The smallest absolute Gasteiger partial charge is 0.303 e. The van der Waals surface area contributed by atoms with Gasteiger partial charge in [-0.1, -0.05) is 186 Å². The van der Waals surface area contributed by atoms with Crippen LogP contribution in [0.3, 0.4) is 0 Å². The average Bonchev–Trinajstić information content (AvgIpc) is 3.10. The van der Waals surface area contributed by atoms with Crippen LogP contribution in [0.15, 0.2) is 93.7 Å². The summed E-state index contributed by atoms with van der Waals surface area (Å²) in [5, 5.41) is 26.0.